The Morgan fingerprint density at radius 2 is 2.00 bits per heavy atom. The molecule has 0 aliphatic heterocycles. The first kappa shape index (κ1) is 19.9. The molecule has 4 nitrogen and oxygen atoms in total. The van der Waals surface area contributed by atoms with E-state index in [-0.39, 0.29) is 18.1 Å². The number of alkyl halides is 3. The Balaban J connectivity index is 1.77. The zero-order valence-corrected chi connectivity index (χ0v) is 14.7. The highest BCUT2D eigenvalue weighted by Crippen LogP contribution is 2.30. The van der Waals surface area contributed by atoms with Crippen LogP contribution in [-0.4, -0.2) is 12.5 Å². The highest BCUT2D eigenvalue weighted by molar-refractivity contribution is 5.80. The molecule has 1 aromatic rings. The third kappa shape index (κ3) is 6.13. The molecular formula is C19H24F3N3O. The van der Waals surface area contributed by atoms with E-state index in [4.69, 9.17) is 0 Å². The summed E-state index contributed by atoms with van der Waals surface area (Å²) in [6.45, 7) is 2.02. The number of hydrogen-bond acceptors (Lipinski definition) is 3. The van der Waals surface area contributed by atoms with Crippen molar-refractivity contribution >= 4 is 11.6 Å². The summed E-state index contributed by atoms with van der Waals surface area (Å²) < 4.78 is 38.0. The van der Waals surface area contributed by atoms with Crippen LogP contribution in [-0.2, 0) is 11.0 Å². The van der Waals surface area contributed by atoms with Crippen molar-refractivity contribution in [3.63, 3.8) is 0 Å². The lowest BCUT2D eigenvalue weighted by Crippen LogP contribution is -2.40. The van der Waals surface area contributed by atoms with Crippen molar-refractivity contribution in [1.29, 1.82) is 0 Å². The molecule has 3 N–H and O–H groups in total. The van der Waals surface area contributed by atoms with Crippen LogP contribution in [0.2, 0.25) is 0 Å². The number of anilines is 1. The Morgan fingerprint density at radius 1 is 1.19 bits per heavy atom. The Morgan fingerprint density at radius 3 is 2.73 bits per heavy atom. The largest absolute Gasteiger partial charge is 0.416 e. The second-order valence-electron chi connectivity index (χ2n) is 6.15. The number of unbranched alkanes of at least 4 members (excludes halogenated alkanes) is 2. The normalized spacial score (nSPS) is 13.8. The van der Waals surface area contributed by atoms with Crippen LogP contribution in [0.3, 0.4) is 0 Å². The van der Waals surface area contributed by atoms with Crippen LogP contribution in [0.4, 0.5) is 18.9 Å². The van der Waals surface area contributed by atoms with E-state index in [0.717, 1.165) is 49.9 Å². The first-order valence-corrected chi connectivity index (χ1v) is 8.75. The molecule has 1 aliphatic rings. The number of nitrogens with one attached hydrogen (secondary N) is 3. The van der Waals surface area contributed by atoms with Gasteiger partial charge in [0.15, 0.2) is 0 Å². The van der Waals surface area contributed by atoms with E-state index < -0.39 is 11.7 Å². The predicted molar refractivity (Wildman–Crippen MR) is 96.1 cm³/mol. The van der Waals surface area contributed by atoms with Crippen LogP contribution in [0.25, 0.3) is 0 Å². The number of hydrazine groups is 1. The average molecular weight is 367 g/mol. The predicted octanol–water partition coefficient (Wildman–Crippen LogP) is 4.53. The van der Waals surface area contributed by atoms with Crippen LogP contribution in [0.5, 0.6) is 0 Å². The van der Waals surface area contributed by atoms with E-state index in [9.17, 15) is 18.0 Å². The summed E-state index contributed by atoms with van der Waals surface area (Å²) in [5.41, 5.74) is 7.06. The molecule has 0 radical (unpaired) electrons. The smallest absolute Gasteiger partial charge is 0.376 e. The van der Waals surface area contributed by atoms with Crippen molar-refractivity contribution < 1.29 is 18.0 Å². The van der Waals surface area contributed by atoms with E-state index in [0.29, 0.717) is 0 Å². The lowest BCUT2D eigenvalue weighted by Gasteiger charge is -2.14. The molecule has 0 spiro atoms. The van der Waals surface area contributed by atoms with Gasteiger partial charge in [0.2, 0.25) is 0 Å². The van der Waals surface area contributed by atoms with Gasteiger partial charge in [-0.05, 0) is 43.0 Å². The molecule has 0 unspecified atom stereocenters. The number of hydrogen-bond donors (Lipinski definition) is 3. The van der Waals surface area contributed by atoms with Crippen LogP contribution in [0.15, 0.2) is 47.7 Å². The van der Waals surface area contributed by atoms with Gasteiger partial charge in [-0.3, -0.25) is 15.6 Å². The third-order valence-corrected chi connectivity index (χ3v) is 4.06. The number of benzene rings is 1. The van der Waals surface area contributed by atoms with Crippen molar-refractivity contribution in [3.05, 3.63) is 53.3 Å². The maximum Gasteiger partial charge on any atom is 0.416 e. The second-order valence-corrected chi connectivity index (χ2v) is 6.15. The maximum atomic E-state index is 12.7. The van der Waals surface area contributed by atoms with Gasteiger partial charge in [-0.15, -0.1) is 0 Å². The van der Waals surface area contributed by atoms with Crippen molar-refractivity contribution in [2.75, 3.05) is 11.9 Å². The van der Waals surface area contributed by atoms with E-state index >= 15 is 0 Å². The van der Waals surface area contributed by atoms with Gasteiger partial charge in [0.25, 0.3) is 5.91 Å². The minimum Gasteiger partial charge on any atom is -0.376 e. The molecule has 0 bridgehead atoms. The zero-order valence-electron chi connectivity index (χ0n) is 14.7. The molecule has 0 atom stereocenters. The van der Waals surface area contributed by atoms with Gasteiger partial charge in [0, 0.05) is 5.69 Å². The van der Waals surface area contributed by atoms with E-state index in [1.807, 2.05) is 6.08 Å². The van der Waals surface area contributed by atoms with E-state index in [2.05, 4.69) is 29.2 Å². The number of amides is 1. The van der Waals surface area contributed by atoms with Crippen LogP contribution in [0, 0.1) is 0 Å². The molecule has 7 heteroatoms. The molecule has 142 valence electrons. The minimum absolute atomic E-state index is 0.128. The van der Waals surface area contributed by atoms with Crippen LogP contribution < -0.4 is 16.2 Å². The van der Waals surface area contributed by atoms with Gasteiger partial charge in [-0.25, -0.2) is 0 Å². The summed E-state index contributed by atoms with van der Waals surface area (Å²) >= 11 is 0. The summed E-state index contributed by atoms with van der Waals surface area (Å²) in [7, 11) is 0. The van der Waals surface area contributed by atoms with Gasteiger partial charge >= 0.3 is 6.18 Å². The molecule has 2 rings (SSSR count). The van der Waals surface area contributed by atoms with E-state index in [1.165, 1.54) is 17.7 Å². The molecule has 1 aliphatic carbocycles. The van der Waals surface area contributed by atoms with Gasteiger partial charge in [0.05, 0.1) is 17.8 Å². The molecule has 0 saturated carbocycles. The monoisotopic (exact) mass is 367 g/mol. The molecule has 1 aromatic carbocycles. The first-order chi connectivity index (χ1) is 12.4. The van der Waals surface area contributed by atoms with Gasteiger partial charge in [-0.1, -0.05) is 38.0 Å². The molecule has 1 amide bonds. The molecule has 26 heavy (non-hydrogen) atoms. The molecule has 0 heterocycles. The fourth-order valence-electron chi connectivity index (χ4n) is 2.66. The summed E-state index contributed by atoms with van der Waals surface area (Å²) in [6, 6.07) is 4.77. The molecule has 0 fully saturated rings. The Bertz CT molecular complexity index is 681. The highest BCUT2D eigenvalue weighted by atomic mass is 19.4. The Labute approximate surface area is 151 Å². The molecule has 0 aromatic heterocycles. The molecule has 0 saturated heterocycles. The number of rotatable bonds is 9. The number of carbonyl (C=O) groups is 1. The van der Waals surface area contributed by atoms with E-state index in [1.54, 1.807) is 0 Å². The number of allylic oxidation sites excluding steroid dienone is 3. The second kappa shape index (κ2) is 9.31. The first-order valence-electron chi connectivity index (χ1n) is 8.75. The topological polar surface area (TPSA) is 53.2 Å². The summed E-state index contributed by atoms with van der Waals surface area (Å²) in [5.74, 6) is -0.358. The minimum atomic E-state index is -4.41. The fraction of sp³-hybridized carbons (Fsp3) is 0.421. The van der Waals surface area contributed by atoms with Crippen molar-refractivity contribution in [3.8, 4) is 0 Å². The Hall–Kier alpha value is -2.44. The molecular weight excluding hydrogens is 343 g/mol. The summed E-state index contributed by atoms with van der Waals surface area (Å²) in [5, 5.41) is 2.70. The number of halogens is 3. The van der Waals surface area contributed by atoms with Crippen LogP contribution in [0.1, 0.15) is 44.6 Å². The summed E-state index contributed by atoms with van der Waals surface area (Å²) in [4.78, 5) is 11.9. The summed E-state index contributed by atoms with van der Waals surface area (Å²) in [6.07, 6.45) is 4.94. The highest BCUT2D eigenvalue weighted by Gasteiger charge is 2.30. The van der Waals surface area contributed by atoms with Gasteiger partial charge in [-0.2, -0.15) is 13.2 Å². The zero-order chi connectivity index (χ0) is 19.0. The van der Waals surface area contributed by atoms with Crippen molar-refractivity contribution in [1.82, 2.24) is 10.9 Å². The average Bonchev–Trinajstić information content (AvgIpc) is 3.05. The lowest BCUT2D eigenvalue weighted by atomic mass is 10.1. The lowest BCUT2D eigenvalue weighted by molar-refractivity contribution is -0.137. The quantitative estimate of drug-likeness (QED) is 0.444. The third-order valence-electron chi connectivity index (χ3n) is 4.06. The standard InChI is InChI=1S/C19H24F3N3O/c1-2-3-4-7-14-8-5-11-17(14)24-25-18(26)13-23-16-10-6-9-15(12-16)19(20,21)22/h6,8-12,23-24H,2-5,7,13H2,1H3,(H,25,26). The SMILES string of the molecule is CCCCCC1=CCC=C1NNC(=O)CNc1cccc(C(F)(F)F)c1. The van der Waals surface area contributed by atoms with Crippen molar-refractivity contribution in [2.45, 2.75) is 45.2 Å². The van der Waals surface area contributed by atoms with Crippen molar-refractivity contribution in [2.24, 2.45) is 0 Å². The fourth-order valence-corrected chi connectivity index (χ4v) is 2.66. The van der Waals surface area contributed by atoms with Crippen LogP contribution >= 0.6 is 0 Å². The maximum absolute atomic E-state index is 12.7. The number of carbonyl (C=O) groups excluding carboxylic acids is 1. The Kier molecular flexibility index (Phi) is 7.12. The van der Waals surface area contributed by atoms with Gasteiger partial charge < -0.3 is 5.32 Å². The van der Waals surface area contributed by atoms with Gasteiger partial charge in [0.1, 0.15) is 0 Å².